The molecule has 0 unspecified atom stereocenters. The summed E-state index contributed by atoms with van der Waals surface area (Å²) in [5, 5.41) is 24.8. The van der Waals surface area contributed by atoms with Crippen molar-refractivity contribution < 1.29 is 193 Å². The van der Waals surface area contributed by atoms with Crippen LogP contribution in [0.3, 0.4) is 0 Å². The molecule has 0 radical (unpaired) electrons. The van der Waals surface area contributed by atoms with Crippen molar-refractivity contribution in [3.05, 3.63) is 66.7 Å². The van der Waals surface area contributed by atoms with E-state index in [2.05, 4.69) is 40.0 Å². The smallest absolute Gasteiger partial charge is 0.870 e. The van der Waals surface area contributed by atoms with Crippen LogP contribution < -0.4 is 139 Å². The van der Waals surface area contributed by atoms with Crippen LogP contribution >= 0.6 is 0 Å². The summed E-state index contributed by atoms with van der Waals surface area (Å²) in [6.07, 6.45) is 0. The number of methoxy groups -OCH3 is 1. The molecule has 1 heterocycles. The molecule has 0 amide bonds. The fourth-order valence-corrected chi connectivity index (χ4v) is 8.09. The Labute approximate surface area is 436 Å². The Morgan fingerprint density at radius 3 is 1.87 bits per heavy atom. The summed E-state index contributed by atoms with van der Waals surface area (Å²) in [5.41, 5.74) is -2.48. The molecule has 0 saturated carbocycles. The summed E-state index contributed by atoms with van der Waals surface area (Å²) >= 11 is 0. The van der Waals surface area contributed by atoms with Gasteiger partial charge in [-0.2, -0.15) is 23.4 Å². The molecule has 24 nitrogen and oxygen atoms in total. The number of ether oxygens (including phenoxy) is 1. The van der Waals surface area contributed by atoms with Gasteiger partial charge in [-0.15, -0.1) is 10.2 Å². The van der Waals surface area contributed by atoms with E-state index in [1.807, 2.05) is 0 Å². The number of aromatic nitrogens is 3. The third-order valence-electron chi connectivity index (χ3n) is 7.13. The molecule has 0 aliphatic carbocycles. The zero-order valence-electron chi connectivity index (χ0n) is 32.0. The first-order valence-corrected chi connectivity index (χ1v) is 22.1. The second-order valence-corrected chi connectivity index (χ2v) is 18.2. The molecule has 33 heteroatoms. The van der Waals surface area contributed by atoms with Crippen molar-refractivity contribution >= 4 is 96.0 Å². The summed E-state index contributed by atoms with van der Waals surface area (Å²) in [7, 11) is -24.2. The van der Waals surface area contributed by atoms with Gasteiger partial charge in [-0.3, -0.25) is 4.55 Å². The number of rotatable bonds is 15. The zero-order chi connectivity index (χ0) is 42.1. The Morgan fingerprint density at radius 1 is 0.689 bits per heavy atom. The fraction of sp³-hybridized carbons (Fsp3) is 0.107. The van der Waals surface area contributed by atoms with Gasteiger partial charge in [0, 0.05) is 11.4 Å². The van der Waals surface area contributed by atoms with Crippen molar-refractivity contribution in [2.24, 2.45) is 10.2 Å². The van der Waals surface area contributed by atoms with E-state index in [-0.39, 0.29) is 129 Å². The SMILES string of the molecule is COc1nc(Nc2cccc(S(=O)(=O)CCOS(=O)(=O)O)c2)nc(Nc2cc(S(=O)(=O)[O-])cc3cc(S(=O)(=O)[O-])c(N=Nc4ccccc4S(=O)(=O)[O-])c([O-])c23)n1.[Na+].[Na+].[Na+].[Na+]. The van der Waals surface area contributed by atoms with Crippen molar-refractivity contribution in [1.82, 2.24) is 15.0 Å². The van der Waals surface area contributed by atoms with E-state index in [1.165, 1.54) is 18.2 Å². The van der Waals surface area contributed by atoms with Crippen LogP contribution in [-0.2, 0) is 54.8 Å². The van der Waals surface area contributed by atoms with Gasteiger partial charge in [0.2, 0.25) is 11.9 Å². The van der Waals surface area contributed by atoms with Crippen molar-refractivity contribution in [2.45, 2.75) is 19.6 Å². The van der Waals surface area contributed by atoms with Gasteiger partial charge < -0.3 is 34.1 Å². The molecule has 304 valence electrons. The van der Waals surface area contributed by atoms with Gasteiger partial charge in [0.15, 0.2) is 9.84 Å². The van der Waals surface area contributed by atoms with Gasteiger partial charge in [-0.1, -0.05) is 23.9 Å². The molecule has 0 aliphatic heterocycles. The van der Waals surface area contributed by atoms with Crippen molar-refractivity contribution in [1.29, 1.82) is 0 Å². The Morgan fingerprint density at radius 2 is 1.30 bits per heavy atom. The predicted molar refractivity (Wildman–Crippen MR) is 187 cm³/mol. The molecule has 5 aromatic rings. The average molecular weight is 980 g/mol. The van der Waals surface area contributed by atoms with Gasteiger partial charge in [0.05, 0.1) is 44.7 Å². The van der Waals surface area contributed by atoms with E-state index in [0.29, 0.717) is 18.2 Å². The van der Waals surface area contributed by atoms with Crippen LogP contribution in [0.4, 0.5) is 34.6 Å². The predicted octanol–water partition coefficient (Wildman–Crippen LogP) is -10.7. The van der Waals surface area contributed by atoms with Crippen LogP contribution in [0.15, 0.2) is 96.5 Å². The molecule has 61 heavy (non-hydrogen) atoms. The average Bonchev–Trinajstić information content (AvgIpc) is 3.09. The normalized spacial score (nSPS) is 12.0. The van der Waals surface area contributed by atoms with E-state index < -0.39 is 129 Å². The molecular formula is C28H21N7Na4O17S5. The minimum atomic E-state index is -5.65. The number of nitrogens with one attached hydrogen (secondary N) is 2. The molecule has 4 aromatic carbocycles. The number of nitrogens with zero attached hydrogens (tertiary/aromatic N) is 5. The third-order valence-corrected chi connectivity index (χ3v) is 11.8. The van der Waals surface area contributed by atoms with Gasteiger partial charge in [0.25, 0.3) is 0 Å². The van der Waals surface area contributed by atoms with Gasteiger partial charge in [0.1, 0.15) is 36.0 Å². The van der Waals surface area contributed by atoms with Crippen LogP contribution in [0.2, 0.25) is 0 Å². The summed E-state index contributed by atoms with van der Waals surface area (Å²) < 4.78 is 173. The monoisotopic (exact) mass is 979 g/mol. The van der Waals surface area contributed by atoms with Gasteiger partial charge >= 0.3 is 135 Å². The van der Waals surface area contributed by atoms with E-state index >= 15 is 0 Å². The van der Waals surface area contributed by atoms with Crippen LogP contribution in [-0.4, -0.2) is 94.7 Å². The summed E-state index contributed by atoms with van der Waals surface area (Å²) in [6.45, 7) is -0.912. The number of azo groups is 1. The number of sulfone groups is 1. The van der Waals surface area contributed by atoms with E-state index in [9.17, 15) is 60.9 Å². The molecule has 0 saturated heterocycles. The largest absolute Gasteiger partial charge is 1.00 e. The van der Waals surface area contributed by atoms with Crippen molar-refractivity contribution in [2.75, 3.05) is 30.1 Å². The molecule has 5 rings (SSSR count). The summed E-state index contributed by atoms with van der Waals surface area (Å²) in [4.78, 5) is 8.27. The second kappa shape index (κ2) is 22.6. The molecule has 1 aromatic heterocycles. The van der Waals surface area contributed by atoms with Gasteiger partial charge in [-0.25, -0.2) is 37.9 Å². The van der Waals surface area contributed by atoms with Crippen LogP contribution in [0.1, 0.15) is 0 Å². The number of benzene rings is 4. The van der Waals surface area contributed by atoms with Gasteiger partial charge in [-0.05, 0) is 59.3 Å². The topological polar surface area (TPSA) is 389 Å². The van der Waals surface area contributed by atoms with Crippen LogP contribution in [0.25, 0.3) is 10.8 Å². The number of hydrogen-bond acceptors (Lipinski definition) is 23. The molecule has 0 atom stereocenters. The number of anilines is 4. The van der Waals surface area contributed by atoms with Crippen LogP contribution in [0, 0.1) is 0 Å². The van der Waals surface area contributed by atoms with Crippen molar-refractivity contribution in [3.8, 4) is 11.8 Å². The first-order chi connectivity index (χ1) is 26.4. The Kier molecular flexibility index (Phi) is 21.3. The van der Waals surface area contributed by atoms with E-state index in [0.717, 1.165) is 37.4 Å². The standard InChI is InChI=1S/C28H25N7O17S5.4Na/c1-51-28-32-26(29-16-5-4-6-17(13-16)53(37,38)10-9-52-57(48,49)50)31-27(33-28)30-20-14-18(54(39,40)41)11-15-12-22(56(45,46)47)24(25(36)23(15)20)35-34-19-7-2-3-8-21(19)55(42,43)44;;;;/h2-8,11-14,36H,9-10H2,1H3,(H,39,40,41)(H,42,43,44)(H,45,46,47)(H,48,49,50)(H2,29,30,31,32,33);;;;/q;4*+1/p-4. The maximum atomic E-state index is 13.9. The molecular weight excluding hydrogens is 959 g/mol. The molecule has 0 bridgehead atoms. The minimum Gasteiger partial charge on any atom is -0.870 e. The maximum Gasteiger partial charge on any atom is 1.00 e. The van der Waals surface area contributed by atoms with Crippen LogP contribution in [0.5, 0.6) is 11.8 Å². The molecule has 0 spiro atoms. The number of fused-ring (bicyclic) bond motifs is 1. The molecule has 3 N–H and O–H groups in total. The Bertz CT molecular complexity index is 3040. The fourth-order valence-electron chi connectivity index (χ4n) is 4.77. The molecule has 0 fully saturated rings. The zero-order valence-corrected chi connectivity index (χ0v) is 44.1. The Hall–Kier alpha value is -1.50. The first kappa shape index (κ1) is 57.5. The minimum absolute atomic E-state index is 0. The van der Waals surface area contributed by atoms with Crippen molar-refractivity contribution in [3.63, 3.8) is 0 Å². The van der Waals surface area contributed by atoms with E-state index in [4.69, 9.17) is 9.29 Å². The number of hydrogen-bond donors (Lipinski definition) is 3. The second-order valence-electron chi connectivity index (χ2n) is 11.0. The molecule has 0 aliphatic rings. The Balaban J connectivity index is 0.00000465. The maximum absolute atomic E-state index is 13.9. The summed E-state index contributed by atoms with van der Waals surface area (Å²) in [5.74, 6) is -3.26. The quantitative estimate of drug-likeness (QED) is 0.0498. The van der Waals surface area contributed by atoms with E-state index in [1.54, 1.807) is 0 Å². The first-order valence-electron chi connectivity index (χ1n) is 14.8. The third kappa shape index (κ3) is 15.3. The summed E-state index contributed by atoms with van der Waals surface area (Å²) in [6, 6.07) is 10.3.